The first-order valence-electron chi connectivity index (χ1n) is 6.62. The molecule has 2 aromatic rings. The number of aliphatic carboxylic acids is 2. The molecule has 0 spiro atoms. The molecule has 0 saturated heterocycles. The van der Waals surface area contributed by atoms with Gasteiger partial charge < -0.3 is 24.4 Å². The van der Waals surface area contributed by atoms with Gasteiger partial charge in [-0.25, -0.2) is 0 Å². The second-order valence-electron chi connectivity index (χ2n) is 4.91. The number of nitrogens with zero attached hydrogens (tertiary/aromatic N) is 1. The van der Waals surface area contributed by atoms with Crippen LogP contribution in [0.1, 0.15) is 17.7 Å². The van der Waals surface area contributed by atoms with Gasteiger partial charge in [-0.1, -0.05) is 29.8 Å². The Hall–Kier alpha value is -2.56. The lowest BCUT2D eigenvalue weighted by Gasteiger charge is -2.15. The average molecular weight is 285 g/mol. The Morgan fingerprint density at radius 1 is 1.00 bits per heavy atom. The van der Waals surface area contributed by atoms with E-state index in [4.69, 9.17) is 0 Å². The molecule has 2 rings (SSSR count). The van der Waals surface area contributed by atoms with Gasteiger partial charge in [0, 0.05) is 17.4 Å². The van der Waals surface area contributed by atoms with Gasteiger partial charge >= 0.3 is 0 Å². The van der Waals surface area contributed by atoms with Crippen molar-refractivity contribution >= 4 is 11.9 Å². The van der Waals surface area contributed by atoms with Crippen LogP contribution in [-0.4, -0.2) is 16.5 Å². The molecular formula is C16H15NO4-2. The van der Waals surface area contributed by atoms with Gasteiger partial charge in [0.2, 0.25) is 0 Å². The van der Waals surface area contributed by atoms with E-state index in [1.165, 1.54) is 0 Å². The first kappa shape index (κ1) is 14.8. The zero-order valence-corrected chi connectivity index (χ0v) is 11.7. The minimum absolute atomic E-state index is 0.148. The second-order valence-corrected chi connectivity index (χ2v) is 4.91. The molecule has 0 fully saturated rings. The van der Waals surface area contributed by atoms with Crippen molar-refractivity contribution in [3.63, 3.8) is 0 Å². The number of carbonyl (C=O) groups excluding carboxylic acids is 2. The quantitative estimate of drug-likeness (QED) is 0.741. The van der Waals surface area contributed by atoms with Gasteiger partial charge in [0.05, 0.1) is 12.5 Å². The SMILES string of the molecule is Cc1ccc(-c2ccc(CCC(=O)[O-])n2CC(=O)[O-])cc1. The maximum absolute atomic E-state index is 10.9. The topological polar surface area (TPSA) is 85.2 Å². The van der Waals surface area contributed by atoms with Gasteiger partial charge in [0.1, 0.15) is 0 Å². The van der Waals surface area contributed by atoms with Crippen molar-refractivity contribution in [2.75, 3.05) is 0 Å². The van der Waals surface area contributed by atoms with Crippen LogP contribution < -0.4 is 10.2 Å². The summed E-state index contributed by atoms with van der Waals surface area (Å²) in [5.74, 6) is -2.37. The largest absolute Gasteiger partial charge is 0.550 e. The third kappa shape index (κ3) is 3.72. The van der Waals surface area contributed by atoms with Crippen LogP contribution in [0, 0.1) is 6.92 Å². The van der Waals surface area contributed by atoms with E-state index in [0.29, 0.717) is 5.69 Å². The van der Waals surface area contributed by atoms with Gasteiger partial charge in [-0.2, -0.15) is 0 Å². The van der Waals surface area contributed by atoms with Gasteiger partial charge in [0.25, 0.3) is 0 Å². The summed E-state index contributed by atoms with van der Waals surface area (Å²) in [5.41, 5.74) is 3.35. The van der Waals surface area contributed by atoms with E-state index in [2.05, 4.69) is 0 Å². The molecule has 1 aromatic carbocycles. The van der Waals surface area contributed by atoms with Crippen molar-refractivity contribution < 1.29 is 19.8 Å². The van der Waals surface area contributed by atoms with Crippen molar-refractivity contribution in [1.82, 2.24) is 4.57 Å². The van der Waals surface area contributed by atoms with E-state index in [9.17, 15) is 19.8 Å². The summed E-state index contributed by atoms with van der Waals surface area (Å²) < 4.78 is 1.57. The van der Waals surface area contributed by atoms with Gasteiger partial charge in [-0.3, -0.25) is 0 Å². The summed E-state index contributed by atoms with van der Waals surface area (Å²) >= 11 is 0. The number of carboxylic acid groups (broad SMARTS) is 2. The predicted octanol–water partition coefficient (Wildman–Crippen LogP) is -0.104. The molecule has 110 valence electrons. The molecule has 1 heterocycles. The molecule has 0 bridgehead atoms. The maximum atomic E-state index is 10.9. The Morgan fingerprint density at radius 2 is 1.67 bits per heavy atom. The van der Waals surface area contributed by atoms with E-state index in [0.717, 1.165) is 16.8 Å². The fourth-order valence-electron chi connectivity index (χ4n) is 2.25. The average Bonchev–Trinajstić information content (AvgIpc) is 2.79. The monoisotopic (exact) mass is 285 g/mol. The Labute approximate surface area is 122 Å². The van der Waals surface area contributed by atoms with Gasteiger partial charge in [-0.15, -0.1) is 0 Å². The predicted molar refractivity (Wildman–Crippen MR) is 72.9 cm³/mol. The van der Waals surface area contributed by atoms with E-state index < -0.39 is 11.9 Å². The second kappa shape index (κ2) is 6.26. The minimum Gasteiger partial charge on any atom is -0.550 e. The van der Waals surface area contributed by atoms with E-state index in [1.54, 1.807) is 16.7 Å². The van der Waals surface area contributed by atoms with E-state index in [1.807, 2.05) is 31.2 Å². The van der Waals surface area contributed by atoms with Gasteiger partial charge in [-0.05, 0) is 37.5 Å². The van der Waals surface area contributed by atoms with Crippen LogP contribution in [0.15, 0.2) is 36.4 Å². The van der Waals surface area contributed by atoms with Crippen LogP contribution >= 0.6 is 0 Å². The fraction of sp³-hybridized carbons (Fsp3) is 0.250. The Kier molecular flexibility index (Phi) is 4.42. The zero-order valence-electron chi connectivity index (χ0n) is 11.7. The summed E-state index contributed by atoms with van der Waals surface area (Å²) in [5, 5.41) is 21.5. The lowest BCUT2D eigenvalue weighted by atomic mass is 10.1. The molecule has 0 aliphatic heterocycles. The number of benzene rings is 1. The highest BCUT2D eigenvalue weighted by Crippen LogP contribution is 2.23. The van der Waals surface area contributed by atoms with Crippen molar-refractivity contribution in [1.29, 1.82) is 0 Å². The van der Waals surface area contributed by atoms with Crippen LogP contribution in [0.25, 0.3) is 11.3 Å². The summed E-state index contributed by atoms with van der Waals surface area (Å²) in [6, 6.07) is 11.2. The number of carboxylic acids is 2. The Morgan fingerprint density at radius 3 is 2.24 bits per heavy atom. The summed E-state index contributed by atoms with van der Waals surface area (Å²) in [4.78, 5) is 21.5. The number of carbonyl (C=O) groups is 2. The maximum Gasteiger partial charge on any atom is 0.0624 e. The summed E-state index contributed by atoms with van der Waals surface area (Å²) in [6.07, 6.45) is 0.0753. The van der Waals surface area contributed by atoms with Crippen molar-refractivity contribution in [3.05, 3.63) is 47.7 Å². The molecule has 0 aliphatic carbocycles. The normalized spacial score (nSPS) is 10.5. The smallest absolute Gasteiger partial charge is 0.0624 e. The Balaban J connectivity index is 2.38. The fourth-order valence-corrected chi connectivity index (χ4v) is 2.25. The molecule has 0 atom stereocenters. The molecular weight excluding hydrogens is 270 g/mol. The first-order chi connectivity index (χ1) is 9.97. The highest BCUT2D eigenvalue weighted by molar-refractivity contribution is 5.69. The molecule has 1 aromatic heterocycles. The number of aromatic nitrogens is 1. The molecule has 0 N–H and O–H groups in total. The van der Waals surface area contributed by atoms with Crippen molar-refractivity contribution in [2.24, 2.45) is 0 Å². The summed E-state index contributed by atoms with van der Waals surface area (Å²) in [7, 11) is 0. The van der Waals surface area contributed by atoms with Crippen LogP contribution in [0.3, 0.4) is 0 Å². The lowest BCUT2D eigenvalue weighted by Crippen LogP contribution is -2.29. The first-order valence-corrected chi connectivity index (χ1v) is 6.62. The molecule has 0 aliphatic rings. The molecule has 0 unspecified atom stereocenters. The third-order valence-corrected chi connectivity index (χ3v) is 3.29. The highest BCUT2D eigenvalue weighted by atomic mass is 16.4. The number of rotatable bonds is 6. The number of aryl methyl sites for hydroxylation is 2. The van der Waals surface area contributed by atoms with E-state index >= 15 is 0 Å². The molecule has 0 saturated carbocycles. The standard InChI is InChI=1S/C16H17NO4/c1-11-2-4-12(5-3-11)14-8-6-13(7-9-15(18)19)17(14)10-16(20)21/h2-6,8H,7,9-10H2,1H3,(H,18,19)(H,20,21)/p-2. The van der Waals surface area contributed by atoms with Crippen LogP contribution in [0.5, 0.6) is 0 Å². The van der Waals surface area contributed by atoms with Crippen LogP contribution in [-0.2, 0) is 22.6 Å². The molecule has 5 heteroatoms. The summed E-state index contributed by atoms with van der Waals surface area (Å²) in [6.45, 7) is 1.66. The van der Waals surface area contributed by atoms with Crippen LogP contribution in [0.4, 0.5) is 0 Å². The third-order valence-electron chi connectivity index (χ3n) is 3.29. The molecule has 0 amide bonds. The number of hydrogen-bond acceptors (Lipinski definition) is 4. The van der Waals surface area contributed by atoms with Crippen molar-refractivity contribution in [2.45, 2.75) is 26.3 Å². The number of hydrogen-bond donors (Lipinski definition) is 0. The zero-order chi connectivity index (χ0) is 15.4. The Bertz CT molecular complexity index is 655. The van der Waals surface area contributed by atoms with Crippen LogP contribution in [0.2, 0.25) is 0 Å². The molecule has 21 heavy (non-hydrogen) atoms. The highest BCUT2D eigenvalue weighted by Gasteiger charge is 2.10. The van der Waals surface area contributed by atoms with Crippen molar-refractivity contribution in [3.8, 4) is 11.3 Å². The lowest BCUT2D eigenvalue weighted by molar-refractivity contribution is -0.307. The van der Waals surface area contributed by atoms with E-state index in [-0.39, 0.29) is 19.4 Å². The minimum atomic E-state index is -1.21. The molecule has 0 radical (unpaired) electrons. The van der Waals surface area contributed by atoms with Gasteiger partial charge in [0.15, 0.2) is 0 Å². The molecule has 5 nitrogen and oxygen atoms in total.